The lowest BCUT2D eigenvalue weighted by atomic mass is 10.2. The Morgan fingerprint density at radius 3 is 2.50 bits per heavy atom. The largest absolute Gasteiger partial charge is 0.480 e. The molecule has 0 aliphatic rings. The second kappa shape index (κ2) is 7.32. The van der Waals surface area contributed by atoms with E-state index in [1.54, 1.807) is 0 Å². The molecule has 0 aromatic heterocycles. The van der Waals surface area contributed by atoms with Crippen LogP contribution in [0.15, 0.2) is 30.3 Å². The van der Waals surface area contributed by atoms with E-state index in [9.17, 15) is 9.59 Å². The third-order valence-electron chi connectivity index (χ3n) is 2.48. The SMILES string of the molecule is CCC[C@H](NC(=O)NCc1ccccc1)C(=O)O. The van der Waals surface area contributed by atoms with E-state index in [0.29, 0.717) is 19.4 Å². The number of carbonyl (C=O) groups excluding carboxylic acids is 1. The van der Waals surface area contributed by atoms with Crippen LogP contribution in [0.2, 0.25) is 0 Å². The highest BCUT2D eigenvalue weighted by atomic mass is 16.4. The Labute approximate surface area is 106 Å². The first-order chi connectivity index (χ1) is 8.63. The summed E-state index contributed by atoms with van der Waals surface area (Å²) in [7, 11) is 0. The van der Waals surface area contributed by atoms with Crippen molar-refractivity contribution in [2.75, 3.05) is 0 Å². The fourth-order valence-electron chi connectivity index (χ4n) is 1.53. The van der Waals surface area contributed by atoms with Gasteiger partial charge in [0.05, 0.1) is 0 Å². The molecule has 0 spiro atoms. The number of amides is 2. The van der Waals surface area contributed by atoms with Crippen molar-refractivity contribution < 1.29 is 14.7 Å². The summed E-state index contributed by atoms with van der Waals surface area (Å²) in [6.07, 6.45) is 1.13. The average Bonchev–Trinajstić information content (AvgIpc) is 2.37. The first kappa shape index (κ1) is 14.0. The van der Waals surface area contributed by atoms with Crippen molar-refractivity contribution in [2.24, 2.45) is 0 Å². The van der Waals surface area contributed by atoms with Gasteiger partial charge >= 0.3 is 12.0 Å². The average molecular weight is 250 g/mol. The van der Waals surface area contributed by atoms with Crippen LogP contribution >= 0.6 is 0 Å². The molecule has 0 unspecified atom stereocenters. The quantitative estimate of drug-likeness (QED) is 0.719. The Morgan fingerprint density at radius 1 is 1.28 bits per heavy atom. The summed E-state index contributed by atoms with van der Waals surface area (Å²) >= 11 is 0. The van der Waals surface area contributed by atoms with Gasteiger partial charge in [-0.3, -0.25) is 0 Å². The van der Waals surface area contributed by atoms with Gasteiger partial charge in [0.1, 0.15) is 6.04 Å². The summed E-state index contributed by atoms with van der Waals surface area (Å²) in [5.74, 6) is -1.01. The molecule has 1 aromatic rings. The van der Waals surface area contributed by atoms with E-state index in [1.807, 2.05) is 37.3 Å². The molecule has 2 amide bonds. The molecule has 98 valence electrons. The molecule has 5 heteroatoms. The number of rotatable bonds is 6. The van der Waals surface area contributed by atoms with Crippen LogP contribution in [-0.4, -0.2) is 23.1 Å². The minimum absolute atomic E-state index is 0.380. The topological polar surface area (TPSA) is 78.4 Å². The predicted molar refractivity (Wildman–Crippen MR) is 68.1 cm³/mol. The van der Waals surface area contributed by atoms with Gasteiger partial charge in [0.25, 0.3) is 0 Å². The number of aliphatic carboxylic acids is 1. The summed E-state index contributed by atoms with van der Waals surface area (Å²) in [4.78, 5) is 22.4. The predicted octanol–water partition coefficient (Wildman–Crippen LogP) is 1.74. The standard InChI is InChI=1S/C13H18N2O3/c1-2-6-11(12(16)17)15-13(18)14-9-10-7-4-3-5-8-10/h3-5,7-8,11H,2,6,9H2,1H3,(H,16,17)(H2,14,15,18)/t11-/m0/s1. The van der Waals surface area contributed by atoms with Crippen LogP contribution in [0.4, 0.5) is 4.79 Å². The van der Waals surface area contributed by atoms with Gasteiger partial charge in [-0.05, 0) is 12.0 Å². The van der Waals surface area contributed by atoms with Crippen LogP contribution in [0.5, 0.6) is 0 Å². The minimum atomic E-state index is -1.01. The first-order valence-corrected chi connectivity index (χ1v) is 5.94. The second-order valence-electron chi connectivity index (χ2n) is 3.99. The lowest BCUT2D eigenvalue weighted by molar-refractivity contribution is -0.139. The molecule has 3 N–H and O–H groups in total. The van der Waals surface area contributed by atoms with Crippen molar-refractivity contribution in [1.82, 2.24) is 10.6 Å². The van der Waals surface area contributed by atoms with E-state index >= 15 is 0 Å². The summed E-state index contributed by atoms with van der Waals surface area (Å²) in [6.45, 7) is 2.25. The van der Waals surface area contributed by atoms with Gasteiger partial charge in [-0.15, -0.1) is 0 Å². The molecule has 1 atom stereocenters. The first-order valence-electron chi connectivity index (χ1n) is 5.94. The van der Waals surface area contributed by atoms with Gasteiger partial charge in [0.2, 0.25) is 0 Å². The molecule has 0 saturated carbocycles. The molecule has 1 aromatic carbocycles. The normalized spacial score (nSPS) is 11.6. The summed E-state index contributed by atoms with van der Waals surface area (Å²) in [6, 6.07) is 8.15. The zero-order valence-corrected chi connectivity index (χ0v) is 10.3. The summed E-state index contributed by atoms with van der Waals surface area (Å²) in [5.41, 5.74) is 0.968. The maximum absolute atomic E-state index is 11.5. The Bertz CT molecular complexity index is 392. The monoisotopic (exact) mass is 250 g/mol. The number of nitrogens with one attached hydrogen (secondary N) is 2. The Hall–Kier alpha value is -2.04. The number of hydrogen-bond acceptors (Lipinski definition) is 2. The Kier molecular flexibility index (Phi) is 5.70. The van der Waals surface area contributed by atoms with Crippen molar-refractivity contribution in [2.45, 2.75) is 32.4 Å². The molecule has 18 heavy (non-hydrogen) atoms. The van der Waals surface area contributed by atoms with Gasteiger partial charge < -0.3 is 15.7 Å². The van der Waals surface area contributed by atoms with E-state index in [4.69, 9.17) is 5.11 Å². The van der Waals surface area contributed by atoms with E-state index in [0.717, 1.165) is 5.56 Å². The molecule has 0 fully saturated rings. The molecule has 0 radical (unpaired) electrons. The van der Waals surface area contributed by atoms with Crippen molar-refractivity contribution in [3.8, 4) is 0 Å². The fraction of sp³-hybridized carbons (Fsp3) is 0.385. The molecule has 0 saturated heterocycles. The molecular weight excluding hydrogens is 232 g/mol. The van der Waals surface area contributed by atoms with Crippen molar-refractivity contribution >= 4 is 12.0 Å². The zero-order valence-electron chi connectivity index (χ0n) is 10.3. The third-order valence-corrected chi connectivity index (χ3v) is 2.48. The molecule has 0 bridgehead atoms. The van der Waals surface area contributed by atoms with Crippen LogP contribution in [0.3, 0.4) is 0 Å². The third kappa shape index (κ3) is 4.86. The number of benzene rings is 1. The number of hydrogen-bond donors (Lipinski definition) is 3. The number of carboxylic acids is 1. The maximum atomic E-state index is 11.5. The lowest BCUT2D eigenvalue weighted by Gasteiger charge is -2.14. The minimum Gasteiger partial charge on any atom is -0.480 e. The van der Waals surface area contributed by atoms with Gasteiger partial charge in [0.15, 0.2) is 0 Å². The second-order valence-corrected chi connectivity index (χ2v) is 3.99. The van der Waals surface area contributed by atoms with Crippen LogP contribution < -0.4 is 10.6 Å². The van der Waals surface area contributed by atoms with E-state index in [1.165, 1.54) is 0 Å². The van der Waals surface area contributed by atoms with Gasteiger partial charge in [-0.25, -0.2) is 9.59 Å². The van der Waals surface area contributed by atoms with Gasteiger partial charge in [-0.2, -0.15) is 0 Å². The van der Waals surface area contributed by atoms with Crippen LogP contribution in [0, 0.1) is 0 Å². The van der Waals surface area contributed by atoms with Crippen molar-refractivity contribution in [3.63, 3.8) is 0 Å². The molecule has 5 nitrogen and oxygen atoms in total. The van der Waals surface area contributed by atoms with Gasteiger partial charge in [0, 0.05) is 6.54 Å². The molecular formula is C13H18N2O3. The van der Waals surface area contributed by atoms with Crippen LogP contribution in [0.25, 0.3) is 0 Å². The maximum Gasteiger partial charge on any atom is 0.326 e. The highest BCUT2D eigenvalue weighted by Gasteiger charge is 2.18. The number of carbonyl (C=O) groups is 2. The van der Waals surface area contributed by atoms with E-state index in [-0.39, 0.29) is 0 Å². The van der Waals surface area contributed by atoms with Crippen LogP contribution in [-0.2, 0) is 11.3 Å². The summed E-state index contributed by atoms with van der Waals surface area (Å²) < 4.78 is 0. The smallest absolute Gasteiger partial charge is 0.326 e. The molecule has 0 heterocycles. The fourth-order valence-corrected chi connectivity index (χ4v) is 1.53. The van der Waals surface area contributed by atoms with E-state index < -0.39 is 18.0 Å². The molecule has 0 aliphatic carbocycles. The van der Waals surface area contributed by atoms with Crippen LogP contribution in [0.1, 0.15) is 25.3 Å². The number of urea groups is 1. The highest BCUT2D eigenvalue weighted by Crippen LogP contribution is 1.98. The highest BCUT2D eigenvalue weighted by molar-refractivity contribution is 5.82. The van der Waals surface area contributed by atoms with Crippen molar-refractivity contribution in [3.05, 3.63) is 35.9 Å². The Balaban J connectivity index is 2.39. The van der Waals surface area contributed by atoms with Crippen molar-refractivity contribution in [1.29, 1.82) is 0 Å². The van der Waals surface area contributed by atoms with Gasteiger partial charge in [-0.1, -0.05) is 43.7 Å². The molecule has 0 aliphatic heterocycles. The van der Waals surface area contributed by atoms with E-state index in [2.05, 4.69) is 10.6 Å². The zero-order chi connectivity index (χ0) is 13.4. The molecule has 1 rings (SSSR count). The lowest BCUT2D eigenvalue weighted by Crippen LogP contribution is -2.45. The Morgan fingerprint density at radius 2 is 1.94 bits per heavy atom. The summed E-state index contributed by atoms with van der Waals surface area (Å²) in [5, 5.41) is 14.0. The number of carboxylic acid groups (broad SMARTS) is 1.